The zero-order valence-electron chi connectivity index (χ0n) is 11.6. The van der Waals surface area contributed by atoms with Gasteiger partial charge in [-0.1, -0.05) is 6.07 Å². The molecule has 4 heteroatoms. The fraction of sp³-hybridized carbons (Fsp3) is 0.333. The lowest BCUT2D eigenvalue weighted by molar-refractivity contribution is 0.0945. The van der Waals surface area contributed by atoms with Gasteiger partial charge >= 0.3 is 0 Å². The summed E-state index contributed by atoms with van der Waals surface area (Å²) in [4.78, 5) is 16.3. The van der Waals surface area contributed by atoms with E-state index in [2.05, 4.69) is 10.3 Å². The van der Waals surface area contributed by atoms with Crippen LogP contribution in [0.1, 0.15) is 27.3 Å². The second kappa shape index (κ2) is 5.69. The fourth-order valence-electron chi connectivity index (χ4n) is 2.04. The van der Waals surface area contributed by atoms with Gasteiger partial charge in [0, 0.05) is 31.7 Å². The van der Waals surface area contributed by atoms with E-state index in [1.165, 1.54) is 0 Å². The molecule has 1 amide bonds. The molecular formula is C15H19N3O. The van der Waals surface area contributed by atoms with Crippen molar-refractivity contribution in [1.82, 2.24) is 14.9 Å². The highest BCUT2D eigenvalue weighted by Crippen LogP contribution is 2.08. The normalized spacial score (nSPS) is 10.5. The minimum atomic E-state index is -0.0231. The number of amides is 1. The lowest BCUT2D eigenvalue weighted by Gasteiger charge is -2.07. The van der Waals surface area contributed by atoms with Gasteiger partial charge in [-0.05, 0) is 43.5 Å². The van der Waals surface area contributed by atoms with Gasteiger partial charge in [-0.2, -0.15) is 0 Å². The summed E-state index contributed by atoms with van der Waals surface area (Å²) >= 11 is 0. The maximum atomic E-state index is 12.0. The average molecular weight is 257 g/mol. The van der Waals surface area contributed by atoms with Gasteiger partial charge in [-0.3, -0.25) is 9.78 Å². The Hall–Kier alpha value is -2.10. The smallest absolute Gasteiger partial charge is 0.268 e. The van der Waals surface area contributed by atoms with Crippen molar-refractivity contribution in [2.45, 2.75) is 20.3 Å². The van der Waals surface area contributed by atoms with Gasteiger partial charge in [-0.25, -0.2) is 0 Å². The van der Waals surface area contributed by atoms with E-state index < -0.39 is 0 Å². The molecule has 19 heavy (non-hydrogen) atoms. The van der Waals surface area contributed by atoms with Gasteiger partial charge in [0.2, 0.25) is 0 Å². The molecule has 0 spiro atoms. The minimum absolute atomic E-state index is 0.0231. The van der Waals surface area contributed by atoms with Crippen molar-refractivity contribution in [1.29, 1.82) is 0 Å². The van der Waals surface area contributed by atoms with Crippen LogP contribution in [0.4, 0.5) is 0 Å². The van der Waals surface area contributed by atoms with E-state index in [1.807, 2.05) is 56.1 Å². The maximum absolute atomic E-state index is 12.0. The molecule has 0 unspecified atom stereocenters. The van der Waals surface area contributed by atoms with Crippen molar-refractivity contribution in [3.63, 3.8) is 0 Å². The summed E-state index contributed by atoms with van der Waals surface area (Å²) in [5.41, 5.74) is 3.86. The molecule has 0 aliphatic heterocycles. The highest BCUT2D eigenvalue weighted by atomic mass is 16.1. The van der Waals surface area contributed by atoms with Gasteiger partial charge in [-0.15, -0.1) is 0 Å². The van der Waals surface area contributed by atoms with Crippen LogP contribution in [-0.2, 0) is 13.5 Å². The van der Waals surface area contributed by atoms with Gasteiger partial charge in [0.25, 0.3) is 5.91 Å². The zero-order valence-corrected chi connectivity index (χ0v) is 11.6. The van der Waals surface area contributed by atoms with Crippen molar-refractivity contribution in [3.8, 4) is 0 Å². The SMILES string of the molecule is Cc1ccc(CCNC(=O)c2c(C)ccn2C)cn1. The Morgan fingerprint density at radius 2 is 2.11 bits per heavy atom. The van der Waals surface area contributed by atoms with Gasteiger partial charge < -0.3 is 9.88 Å². The second-order valence-corrected chi connectivity index (χ2v) is 4.77. The third-order valence-electron chi connectivity index (χ3n) is 3.16. The largest absolute Gasteiger partial charge is 0.350 e. The summed E-state index contributed by atoms with van der Waals surface area (Å²) < 4.78 is 1.85. The molecule has 1 N–H and O–H groups in total. The Kier molecular flexibility index (Phi) is 4.00. The van der Waals surface area contributed by atoms with Gasteiger partial charge in [0.15, 0.2) is 0 Å². The zero-order chi connectivity index (χ0) is 13.8. The van der Waals surface area contributed by atoms with Crippen LogP contribution in [0.5, 0.6) is 0 Å². The topological polar surface area (TPSA) is 46.9 Å². The molecule has 0 aromatic carbocycles. The Labute approximate surface area is 113 Å². The number of aromatic nitrogens is 2. The number of carbonyl (C=O) groups excluding carboxylic acids is 1. The number of hydrogen-bond acceptors (Lipinski definition) is 2. The number of aryl methyl sites for hydroxylation is 3. The molecule has 2 aromatic heterocycles. The van der Waals surface area contributed by atoms with Crippen molar-refractivity contribution in [2.24, 2.45) is 7.05 Å². The standard InChI is InChI=1S/C15H19N3O/c1-11-7-9-18(3)14(11)15(19)16-8-6-13-5-4-12(2)17-10-13/h4-5,7,9-10H,6,8H2,1-3H3,(H,16,19). The summed E-state index contributed by atoms with van der Waals surface area (Å²) in [6.07, 6.45) is 4.55. The molecule has 100 valence electrons. The average Bonchev–Trinajstić information content (AvgIpc) is 2.71. The number of pyridine rings is 1. The van der Waals surface area contributed by atoms with Crippen molar-refractivity contribution in [2.75, 3.05) is 6.54 Å². The lowest BCUT2D eigenvalue weighted by atomic mass is 10.2. The van der Waals surface area contributed by atoms with Crippen LogP contribution in [0, 0.1) is 13.8 Å². The highest BCUT2D eigenvalue weighted by molar-refractivity contribution is 5.94. The van der Waals surface area contributed by atoms with E-state index in [9.17, 15) is 4.79 Å². The van der Waals surface area contributed by atoms with E-state index in [4.69, 9.17) is 0 Å². The molecule has 2 heterocycles. The Morgan fingerprint density at radius 1 is 1.32 bits per heavy atom. The monoisotopic (exact) mass is 257 g/mol. The van der Waals surface area contributed by atoms with Gasteiger partial charge in [0.05, 0.1) is 0 Å². The molecule has 0 aliphatic carbocycles. The summed E-state index contributed by atoms with van der Waals surface area (Å²) in [7, 11) is 1.88. The first-order chi connectivity index (χ1) is 9.08. The van der Waals surface area contributed by atoms with Crippen molar-refractivity contribution >= 4 is 5.91 Å². The van der Waals surface area contributed by atoms with E-state index in [-0.39, 0.29) is 5.91 Å². The van der Waals surface area contributed by atoms with Crippen LogP contribution in [0.25, 0.3) is 0 Å². The molecule has 0 saturated heterocycles. The second-order valence-electron chi connectivity index (χ2n) is 4.77. The van der Waals surface area contributed by atoms with Crippen LogP contribution < -0.4 is 5.32 Å². The fourth-order valence-corrected chi connectivity index (χ4v) is 2.04. The maximum Gasteiger partial charge on any atom is 0.268 e. The highest BCUT2D eigenvalue weighted by Gasteiger charge is 2.11. The first kappa shape index (κ1) is 13.3. The number of nitrogens with one attached hydrogen (secondary N) is 1. The lowest BCUT2D eigenvalue weighted by Crippen LogP contribution is -2.28. The molecule has 0 bridgehead atoms. The van der Waals surface area contributed by atoms with Crippen LogP contribution in [0.3, 0.4) is 0 Å². The molecular weight excluding hydrogens is 238 g/mol. The van der Waals surface area contributed by atoms with E-state index in [0.29, 0.717) is 6.54 Å². The number of carbonyl (C=O) groups is 1. The first-order valence-corrected chi connectivity index (χ1v) is 6.39. The van der Waals surface area contributed by atoms with Crippen molar-refractivity contribution in [3.05, 3.63) is 53.1 Å². The van der Waals surface area contributed by atoms with Crippen LogP contribution in [-0.4, -0.2) is 22.0 Å². The predicted molar refractivity (Wildman–Crippen MR) is 75.2 cm³/mol. The van der Waals surface area contributed by atoms with E-state index >= 15 is 0 Å². The number of nitrogens with zero attached hydrogens (tertiary/aromatic N) is 2. The van der Waals surface area contributed by atoms with E-state index in [1.54, 1.807) is 0 Å². The minimum Gasteiger partial charge on any atom is -0.350 e. The van der Waals surface area contributed by atoms with Gasteiger partial charge in [0.1, 0.15) is 5.69 Å². The molecule has 2 aromatic rings. The molecule has 4 nitrogen and oxygen atoms in total. The van der Waals surface area contributed by atoms with Crippen LogP contribution in [0.2, 0.25) is 0 Å². The van der Waals surface area contributed by atoms with Crippen LogP contribution in [0.15, 0.2) is 30.6 Å². The van der Waals surface area contributed by atoms with Crippen LogP contribution >= 0.6 is 0 Å². The number of hydrogen-bond donors (Lipinski definition) is 1. The molecule has 0 fully saturated rings. The quantitative estimate of drug-likeness (QED) is 0.910. The summed E-state index contributed by atoms with van der Waals surface area (Å²) in [5, 5.41) is 2.94. The Balaban J connectivity index is 1.89. The summed E-state index contributed by atoms with van der Waals surface area (Å²) in [5.74, 6) is -0.0231. The molecule has 0 atom stereocenters. The Morgan fingerprint density at radius 3 is 2.68 bits per heavy atom. The summed E-state index contributed by atoms with van der Waals surface area (Å²) in [6, 6.07) is 5.97. The summed E-state index contributed by atoms with van der Waals surface area (Å²) in [6.45, 7) is 4.52. The third-order valence-corrected chi connectivity index (χ3v) is 3.16. The van der Waals surface area contributed by atoms with E-state index in [0.717, 1.165) is 28.9 Å². The number of rotatable bonds is 4. The predicted octanol–water partition coefficient (Wildman–Crippen LogP) is 2.01. The third kappa shape index (κ3) is 3.22. The molecule has 0 aliphatic rings. The molecule has 0 saturated carbocycles. The molecule has 0 radical (unpaired) electrons. The van der Waals surface area contributed by atoms with Crippen molar-refractivity contribution < 1.29 is 4.79 Å². The molecule has 2 rings (SSSR count). The first-order valence-electron chi connectivity index (χ1n) is 6.39. The Bertz CT molecular complexity index is 550.